The molecule has 0 aliphatic heterocycles. The molecule has 21 heavy (non-hydrogen) atoms. The lowest BCUT2D eigenvalue weighted by Gasteiger charge is -2.28. The molecule has 1 rings (SSSR count). The van der Waals surface area contributed by atoms with Crippen LogP contribution in [-0.2, 0) is 6.54 Å². The predicted molar refractivity (Wildman–Crippen MR) is 85.9 cm³/mol. The van der Waals surface area contributed by atoms with E-state index in [1.165, 1.54) is 0 Å². The minimum absolute atomic E-state index is 0.0636. The number of hydrogen-bond acceptors (Lipinski definition) is 4. The Labute approximate surface area is 127 Å². The highest BCUT2D eigenvalue weighted by atomic mass is 16.5. The summed E-state index contributed by atoms with van der Waals surface area (Å²) in [6, 6.07) is 6.25. The molecule has 0 unspecified atom stereocenters. The Bertz CT molecular complexity index is 484. The van der Waals surface area contributed by atoms with Gasteiger partial charge in [-0.05, 0) is 37.5 Å². The molecule has 1 aromatic rings. The van der Waals surface area contributed by atoms with Crippen molar-refractivity contribution in [3.8, 4) is 5.75 Å². The van der Waals surface area contributed by atoms with E-state index >= 15 is 0 Å². The Morgan fingerprint density at radius 2 is 2.00 bits per heavy atom. The van der Waals surface area contributed by atoms with Gasteiger partial charge in [0.2, 0.25) is 0 Å². The Morgan fingerprint density at radius 1 is 1.33 bits per heavy atom. The van der Waals surface area contributed by atoms with Crippen LogP contribution in [0, 0.1) is 5.92 Å². The van der Waals surface area contributed by atoms with Gasteiger partial charge >= 0.3 is 0 Å². The number of ether oxygens (including phenoxy) is 1. The Balaban J connectivity index is 3.02. The first-order valence-corrected chi connectivity index (χ1v) is 7.27. The summed E-state index contributed by atoms with van der Waals surface area (Å²) in [6.07, 6.45) is 0. The highest BCUT2D eigenvalue weighted by molar-refractivity contribution is 5.99. The molecule has 118 valence electrons. The van der Waals surface area contributed by atoms with Crippen LogP contribution < -0.4 is 10.5 Å². The standard InChI is InChI=1S/C16H27N3O2/c1-11(2)9-19(12(3)4)10-13-6-7-15(21-5)14(8-13)16(17)18-20/h6-8,11-12,20H,9-10H2,1-5H3,(H2,17,18). The van der Waals surface area contributed by atoms with Crippen molar-refractivity contribution in [2.75, 3.05) is 13.7 Å². The Kier molecular flexibility index (Phi) is 6.49. The second kappa shape index (κ2) is 7.88. The number of methoxy groups -OCH3 is 1. The van der Waals surface area contributed by atoms with Gasteiger partial charge in [-0.1, -0.05) is 25.1 Å². The van der Waals surface area contributed by atoms with E-state index in [1.807, 2.05) is 18.2 Å². The number of hydrogen-bond donors (Lipinski definition) is 2. The van der Waals surface area contributed by atoms with Crippen molar-refractivity contribution < 1.29 is 9.94 Å². The normalized spacial score (nSPS) is 12.5. The third-order valence-corrected chi connectivity index (χ3v) is 3.36. The molecular weight excluding hydrogens is 266 g/mol. The molecule has 5 heteroatoms. The highest BCUT2D eigenvalue weighted by Gasteiger charge is 2.14. The Morgan fingerprint density at radius 3 is 2.48 bits per heavy atom. The van der Waals surface area contributed by atoms with Crippen molar-refractivity contribution in [2.24, 2.45) is 16.8 Å². The largest absolute Gasteiger partial charge is 0.496 e. The summed E-state index contributed by atoms with van der Waals surface area (Å²) in [7, 11) is 1.57. The van der Waals surface area contributed by atoms with Crippen molar-refractivity contribution in [2.45, 2.75) is 40.3 Å². The van der Waals surface area contributed by atoms with Gasteiger partial charge in [0.05, 0.1) is 12.7 Å². The molecule has 0 bridgehead atoms. The van der Waals surface area contributed by atoms with Crippen LogP contribution in [0.15, 0.2) is 23.4 Å². The van der Waals surface area contributed by atoms with E-state index in [0.29, 0.717) is 23.3 Å². The van der Waals surface area contributed by atoms with E-state index < -0.39 is 0 Å². The lowest BCUT2D eigenvalue weighted by atomic mass is 10.1. The monoisotopic (exact) mass is 293 g/mol. The quantitative estimate of drug-likeness (QED) is 0.351. The van der Waals surface area contributed by atoms with Crippen molar-refractivity contribution in [1.82, 2.24) is 4.90 Å². The second-order valence-electron chi connectivity index (χ2n) is 5.94. The third-order valence-electron chi connectivity index (χ3n) is 3.36. The maximum atomic E-state index is 8.89. The topological polar surface area (TPSA) is 71.1 Å². The van der Waals surface area contributed by atoms with Gasteiger partial charge in [0.25, 0.3) is 0 Å². The van der Waals surface area contributed by atoms with Crippen LogP contribution in [0.5, 0.6) is 5.75 Å². The maximum absolute atomic E-state index is 8.89. The summed E-state index contributed by atoms with van der Waals surface area (Å²) in [5, 5.41) is 12.0. The zero-order valence-corrected chi connectivity index (χ0v) is 13.6. The van der Waals surface area contributed by atoms with E-state index in [0.717, 1.165) is 18.7 Å². The van der Waals surface area contributed by atoms with Crippen LogP contribution in [0.4, 0.5) is 0 Å². The molecule has 0 saturated heterocycles. The lowest BCUT2D eigenvalue weighted by molar-refractivity contribution is 0.189. The van der Waals surface area contributed by atoms with Crippen LogP contribution in [0.3, 0.4) is 0 Å². The highest BCUT2D eigenvalue weighted by Crippen LogP contribution is 2.21. The summed E-state index contributed by atoms with van der Waals surface area (Å²) < 4.78 is 5.25. The van der Waals surface area contributed by atoms with Crippen molar-refractivity contribution in [1.29, 1.82) is 0 Å². The van der Waals surface area contributed by atoms with Gasteiger partial charge in [-0.3, -0.25) is 4.90 Å². The molecular formula is C16H27N3O2. The average Bonchev–Trinajstić information content (AvgIpc) is 2.45. The molecule has 3 N–H and O–H groups in total. The number of nitrogens with two attached hydrogens (primary N) is 1. The first-order chi connectivity index (χ1) is 9.88. The first kappa shape index (κ1) is 17.3. The minimum atomic E-state index is 0.0636. The van der Waals surface area contributed by atoms with Crippen molar-refractivity contribution in [3.05, 3.63) is 29.3 Å². The second-order valence-corrected chi connectivity index (χ2v) is 5.94. The molecule has 0 heterocycles. The smallest absolute Gasteiger partial charge is 0.173 e. The number of amidine groups is 1. The average molecular weight is 293 g/mol. The summed E-state index contributed by atoms with van der Waals surface area (Å²) in [5.41, 5.74) is 7.45. The van der Waals surface area contributed by atoms with E-state index in [-0.39, 0.29) is 5.84 Å². The number of oxime groups is 1. The van der Waals surface area contributed by atoms with Gasteiger partial charge in [-0.2, -0.15) is 0 Å². The van der Waals surface area contributed by atoms with Crippen LogP contribution in [-0.4, -0.2) is 35.6 Å². The molecule has 0 radical (unpaired) electrons. The molecule has 1 aromatic carbocycles. The summed E-state index contributed by atoms with van der Waals surface area (Å²) >= 11 is 0. The van der Waals surface area contributed by atoms with Crippen molar-refractivity contribution >= 4 is 5.84 Å². The fourth-order valence-electron chi connectivity index (χ4n) is 2.27. The molecule has 0 saturated carbocycles. The maximum Gasteiger partial charge on any atom is 0.173 e. The zero-order chi connectivity index (χ0) is 16.0. The molecule has 0 fully saturated rings. The minimum Gasteiger partial charge on any atom is -0.496 e. The molecule has 0 aliphatic rings. The van der Waals surface area contributed by atoms with Gasteiger partial charge in [0.1, 0.15) is 5.75 Å². The molecule has 5 nitrogen and oxygen atoms in total. The molecule has 0 spiro atoms. The van der Waals surface area contributed by atoms with E-state index in [9.17, 15) is 0 Å². The van der Waals surface area contributed by atoms with Crippen LogP contribution in [0.25, 0.3) is 0 Å². The molecule has 0 aliphatic carbocycles. The van der Waals surface area contributed by atoms with Gasteiger partial charge in [0.15, 0.2) is 5.84 Å². The van der Waals surface area contributed by atoms with Gasteiger partial charge in [-0.15, -0.1) is 0 Å². The van der Waals surface area contributed by atoms with Crippen LogP contribution >= 0.6 is 0 Å². The van der Waals surface area contributed by atoms with Crippen LogP contribution in [0.2, 0.25) is 0 Å². The fourth-order valence-corrected chi connectivity index (χ4v) is 2.27. The number of benzene rings is 1. The van der Waals surface area contributed by atoms with Gasteiger partial charge in [0, 0.05) is 19.1 Å². The summed E-state index contributed by atoms with van der Waals surface area (Å²) in [5.74, 6) is 1.27. The predicted octanol–water partition coefficient (Wildman–Crippen LogP) is 2.66. The molecule has 0 amide bonds. The molecule has 0 atom stereocenters. The van der Waals surface area contributed by atoms with Crippen LogP contribution in [0.1, 0.15) is 38.8 Å². The van der Waals surface area contributed by atoms with E-state index in [4.69, 9.17) is 15.7 Å². The first-order valence-electron chi connectivity index (χ1n) is 7.27. The summed E-state index contributed by atoms with van der Waals surface area (Å²) in [6.45, 7) is 10.7. The van der Waals surface area contributed by atoms with E-state index in [2.05, 4.69) is 37.8 Å². The summed E-state index contributed by atoms with van der Waals surface area (Å²) in [4.78, 5) is 2.41. The Hall–Kier alpha value is -1.75. The number of nitrogens with zero attached hydrogens (tertiary/aromatic N) is 2. The molecule has 0 aromatic heterocycles. The van der Waals surface area contributed by atoms with Crippen molar-refractivity contribution in [3.63, 3.8) is 0 Å². The van der Waals surface area contributed by atoms with Gasteiger partial charge < -0.3 is 15.7 Å². The third kappa shape index (κ3) is 4.93. The lowest BCUT2D eigenvalue weighted by Crippen LogP contribution is -2.33. The number of rotatable bonds is 7. The zero-order valence-electron chi connectivity index (χ0n) is 13.6. The fraction of sp³-hybridized carbons (Fsp3) is 0.562. The SMILES string of the molecule is COc1ccc(CN(CC(C)C)C(C)C)cc1C(N)=NO. The van der Waals surface area contributed by atoms with Gasteiger partial charge in [-0.25, -0.2) is 0 Å². The van der Waals surface area contributed by atoms with E-state index in [1.54, 1.807) is 7.11 Å².